The second-order valence-corrected chi connectivity index (χ2v) is 9.67. The highest BCUT2D eigenvalue weighted by Gasteiger charge is 2.31. The van der Waals surface area contributed by atoms with Crippen LogP contribution in [0.15, 0.2) is 36.4 Å². The van der Waals surface area contributed by atoms with Crippen LogP contribution in [0, 0.1) is 11.8 Å². The van der Waals surface area contributed by atoms with Gasteiger partial charge in [-0.25, -0.2) is 0 Å². The standard InChI is InChI=1S/C26H38N4O3/c1-28-18-23-7-2-3-9-24(23)33-16-6-8-22-19-30(26(32)20-28)14-10-21(22)17-25(31)27-11-15-29-12-4-5-13-29/h2-3,6-9,21-22H,4-5,10-20H2,1H3,(H,27,31)/t21-,22-/m0/s1. The number of rotatable bonds is 5. The van der Waals surface area contributed by atoms with E-state index in [0.29, 0.717) is 32.7 Å². The lowest BCUT2D eigenvalue weighted by atomic mass is 9.82. The molecule has 7 nitrogen and oxygen atoms in total. The van der Waals surface area contributed by atoms with Crippen LogP contribution in [0.4, 0.5) is 0 Å². The Hall–Kier alpha value is -2.38. The molecule has 3 aliphatic rings. The van der Waals surface area contributed by atoms with Crippen LogP contribution in [0.25, 0.3) is 0 Å². The molecule has 0 aliphatic carbocycles. The Morgan fingerprint density at radius 1 is 1.15 bits per heavy atom. The third-order valence-corrected chi connectivity index (χ3v) is 7.09. The predicted octanol–water partition coefficient (Wildman–Crippen LogP) is 2.13. The van der Waals surface area contributed by atoms with E-state index in [0.717, 1.165) is 50.5 Å². The van der Waals surface area contributed by atoms with Crippen LogP contribution in [0.5, 0.6) is 5.75 Å². The van der Waals surface area contributed by atoms with Gasteiger partial charge in [-0.15, -0.1) is 0 Å². The number of carbonyl (C=O) groups excluding carboxylic acids is 2. The van der Waals surface area contributed by atoms with Crippen LogP contribution < -0.4 is 10.1 Å². The lowest BCUT2D eigenvalue weighted by Crippen LogP contribution is -2.47. The molecule has 0 aromatic heterocycles. The number of nitrogens with zero attached hydrogens (tertiary/aromatic N) is 3. The highest BCUT2D eigenvalue weighted by molar-refractivity contribution is 5.79. The Kier molecular flexibility index (Phi) is 8.40. The first-order valence-corrected chi connectivity index (χ1v) is 12.4. The number of nitrogens with one attached hydrogen (secondary N) is 1. The zero-order chi connectivity index (χ0) is 23.0. The van der Waals surface area contributed by atoms with Gasteiger partial charge >= 0.3 is 0 Å². The molecule has 2 amide bonds. The summed E-state index contributed by atoms with van der Waals surface area (Å²) in [6.07, 6.45) is 8.11. The van der Waals surface area contributed by atoms with Crippen molar-refractivity contribution < 1.29 is 14.3 Å². The van der Waals surface area contributed by atoms with Crippen LogP contribution in [0.2, 0.25) is 0 Å². The predicted molar refractivity (Wildman–Crippen MR) is 129 cm³/mol. The molecule has 2 fully saturated rings. The number of hydrogen-bond donors (Lipinski definition) is 1. The van der Waals surface area contributed by atoms with Crippen molar-refractivity contribution in [1.29, 1.82) is 0 Å². The minimum atomic E-state index is 0.125. The fourth-order valence-corrected chi connectivity index (χ4v) is 5.22. The zero-order valence-corrected chi connectivity index (χ0v) is 19.9. The molecule has 4 rings (SSSR count). The molecule has 1 N–H and O–H groups in total. The number of carbonyl (C=O) groups is 2. The van der Waals surface area contributed by atoms with E-state index >= 15 is 0 Å². The lowest BCUT2D eigenvalue weighted by Gasteiger charge is -2.38. The summed E-state index contributed by atoms with van der Waals surface area (Å²) in [6, 6.07) is 8.01. The van der Waals surface area contributed by atoms with Crippen molar-refractivity contribution >= 4 is 11.8 Å². The Labute approximate surface area is 197 Å². The van der Waals surface area contributed by atoms with Crippen LogP contribution in [0.1, 0.15) is 31.2 Å². The van der Waals surface area contributed by atoms with Crippen molar-refractivity contribution in [1.82, 2.24) is 20.0 Å². The van der Waals surface area contributed by atoms with E-state index in [-0.39, 0.29) is 23.7 Å². The summed E-state index contributed by atoms with van der Waals surface area (Å²) >= 11 is 0. The third-order valence-electron chi connectivity index (χ3n) is 7.09. The number of para-hydroxylation sites is 1. The van der Waals surface area contributed by atoms with Gasteiger partial charge < -0.3 is 19.9 Å². The zero-order valence-electron chi connectivity index (χ0n) is 19.9. The molecule has 0 radical (unpaired) electrons. The molecular formula is C26H38N4O3. The normalized spacial score (nSPS) is 24.9. The van der Waals surface area contributed by atoms with Gasteiger partial charge in [0.15, 0.2) is 0 Å². The molecule has 2 bridgehead atoms. The van der Waals surface area contributed by atoms with Crippen molar-refractivity contribution in [3.63, 3.8) is 0 Å². The van der Waals surface area contributed by atoms with E-state index in [1.54, 1.807) is 0 Å². The first-order valence-electron chi connectivity index (χ1n) is 12.4. The van der Waals surface area contributed by atoms with Crippen molar-refractivity contribution in [2.24, 2.45) is 11.8 Å². The van der Waals surface area contributed by atoms with Gasteiger partial charge in [0.05, 0.1) is 6.54 Å². The summed E-state index contributed by atoms with van der Waals surface area (Å²) in [6.45, 7) is 6.88. The fourth-order valence-electron chi connectivity index (χ4n) is 5.22. The quantitative estimate of drug-likeness (QED) is 0.691. The van der Waals surface area contributed by atoms with Crippen molar-refractivity contribution in [3.8, 4) is 5.75 Å². The number of ether oxygens (including phenoxy) is 1. The van der Waals surface area contributed by atoms with Crippen LogP contribution in [0.3, 0.4) is 0 Å². The maximum atomic E-state index is 13.0. The van der Waals surface area contributed by atoms with Gasteiger partial charge in [0, 0.05) is 44.7 Å². The number of amides is 2. The molecule has 1 aromatic rings. The number of fused-ring (bicyclic) bond motifs is 3. The highest BCUT2D eigenvalue weighted by Crippen LogP contribution is 2.29. The van der Waals surface area contributed by atoms with Gasteiger partial charge in [0.2, 0.25) is 11.8 Å². The molecule has 0 spiro atoms. The maximum absolute atomic E-state index is 13.0. The van der Waals surface area contributed by atoms with E-state index < -0.39 is 0 Å². The van der Waals surface area contributed by atoms with Gasteiger partial charge in [-0.05, 0) is 57.3 Å². The minimum absolute atomic E-state index is 0.125. The van der Waals surface area contributed by atoms with E-state index in [1.165, 1.54) is 12.8 Å². The van der Waals surface area contributed by atoms with Crippen molar-refractivity contribution in [2.75, 3.05) is 59.5 Å². The summed E-state index contributed by atoms with van der Waals surface area (Å²) in [5.74, 6) is 1.55. The number of piperidine rings is 1. The fraction of sp³-hybridized carbons (Fsp3) is 0.615. The van der Waals surface area contributed by atoms with Gasteiger partial charge in [-0.3, -0.25) is 14.5 Å². The second kappa shape index (κ2) is 11.7. The lowest BCUT2D eigenvalue weighted by molar-refractivity contribution is -0.134. The van der Waals surface area contributed by atoms with Gasteiger partial charge in [-0.2, -0.15) is 0 Å². The largest absolute Gasteiger partial charge is 0.489 e. The summed E-state index contributed by atoms with van der Waals surface area (Å²) in [5.41, 5.74) is 1.09. The molecular weight excluding hydrogens is 416 g/mol. The van der Waals surface area contributed by atoms with Gasteiger partial charge in [0.25, 0.3) is 0 Å². The van der Waals surface area contributed by atoms with Crippen LogP contribution in [-0.4, -0.2) is 86.0 Å². The molecule has 7 heteroatoms. The van der Waals surface area contributed by atoms with Crippen LogP contribution in [-0.2, 0) is 16.1 Å². The molecule has 33 heavy (non-hydrogen) atoms. The molecule has 0 unspecified atom stereocenters. The van der Waals surface area contributed by atoms with E-state index in [4.69, 9.17) is 4.74 Å². The first kappa shape index (κ1) is 23.8. The number of hydrogen-bond acceptors (Lipinski definition) is 5. The average molecular weight is 455 g/mol. The Bertz CT molecular complexity index is 837. The summed E-state index contributed by atoms with van der Waals surface area (Å²) in [7, 11) is 1.98. The number of benzene rings is 1. The van der Waals surface area contributed by atoms with Crippen molar-refractivity contribution in [2.45, 2.75) is 32.2 Å². The second-order valence-electron chi connectivity index (χ2n) is 9.67. The number of likely N-dealkylation sites (tertiary alicyclic amines) is 1. The van der Waals surface area contributed by atoms with Crippen LogP contribution >= 0.6 is 0 Å². The monoisotopic (exact) mass is 454 g/mol. The smallest absolute Gasteiger partial charge is 0.236 e. The molecule has 2 saturated heterocycles. The third kappa shape index (κ3) is 6.81. The number of likely N-dealkylation sites (N-methyl/N-ethyl adjacent to an activating group) is 1. The van der Waals surface area contributed by atoms with Crippen molar-refractivity contribution in [3.05, 3.63) is 42.0 Å². The van der Waals surface area contributed by atoms with E-state index in [9.17, 15) is 9.59 Å². The Morgan fingerprint density at radius 2 is 1.97 bits per heavy atom. The molecule has 180 valence electrons. The first-order chi connectivity index (χ1) is 16.1. The summed E-state index contributed by atoms with van der Waals surface area (Å²) < 4.78 is 6.04. The Morgan fingerprint density at radius 3 is 2.82 bits per heavy atom. The summed E-state index contributed by atoms with van der Waals surface area (Å²) in [4.78, 5) is 32.1. The van der Waals surface area contributed by atoms with Gasteiger partial charge in [0.1, 0.15) is 12.4 Å². The van der Waals surface area contributed by atoms with E-state index in [2.05, 4.69) is 28.4 Å². The highest BCUT2D eigenvalue weighted by atomic mass is 16.5. The van der Waals surface area contributed by atoms with E-state index in [1.807, 2.05) is 35.0 Å². The average Bonchev–Trinajstić information content (AvgIpc) is 3.31. The molecule has 2 atom stereocenters. The maximum Gasteiger partial charge on any atom is 0.236 e. The molecule has 3 heterocycles. The minimum Gasteiger partial charge on any atom is -0.489 e. The van der Waals surface area contributed by atoms with Gasteiger partial charge in [-0.1, -0.05) is 30.4 Å². The summed E-state index contributed by atoms with van der Waals surface area (Å²) in [5, 5.41) is 3.12. The molecule has 1 aromatic carbocycles. The molecule has 0 saturated carbocycles. The SMILES string of the molecule is CN1CC(=O)N2CC[C@@H](CC(=O)NCCN3CCCC3)[C@@H](C=CCOc3ccccc3C1)C2. The molecule has 3 aliphatic heterocycles. The Balaban J connectivity index is 1.37. The topological polar surface area (TPSA) is 65.1 Å².